The lowest BCUT2D eigenvalue weighted by Crippen LogP contribution is -2.38. The van der Waals surface area contributed by atoms with Crippen LogP contribution in [0.3, 0.4) is 0 Å². The van der Waals surface area contributed by atoms with Crippen molar-refractivity contribution in [1.29, 1.82) is 0 Å². The number of halogens is 1. The van der Waals surface area contributed by atoms with Crippen molar-refractivity contribution in [3.63, 3.8) is 0 Å². The number of sulfonamides is 1. The molecule has 0 saturated heterocycles. The van der Waals surface area contributed by atoms with Crippen molar-refractivity contribution >= 4 is 49.7 Å². The van der Waals surface area contributed by atoms with Gasteiger partial charge in [0.2, 0.25) is 11.0 Å². The number of carbonyl (C=O) groups is 1. The van der Waals surface area contributed by atoms with Crippen LogP contribution in [0.25, 0.3) is 10.6 Å². The van der Waals surface area contributed by atoms with Crippen molar-refractivity contribution in [3.8, 4) is 16.3 Å². The third-order valence-corrected chi connectivity index (χ3v) is 7.91. The predicted molar refractivity (Wildman–Crippen MR) is 138 cm³/mol. The van der Waals surface area contributed by atoms with Gasteiger partial charge < -0.3 is 4.74 Å². The van der Waals surface area contributed by atoms with Gasteiger partial charge in [0, 0.05) is 10.6 Å². The van der Waals surface area contributed by atoms with Crippen LogP contribution in [-0.2, 0) is 14.8 Å². The minimum atomic E-state index is -4.10. The predicted octanol–water partition coefficient (Wildman–Crippen LogP) is 5.01. The topological polar surface area (TPSA) is 101 Å². The highest BCUT2D eigenvalue weighted by atomic mass is 35.5. The van der Waals surface area contributed by atoms with Gasteiger partial charge in [0.15, 0.2) is 0 Å². The monoisotopic (exact) mass is 528 g/mol. The van der Waals surface area contributed by atoms with E-state index in [1.807, 2.05) is 31.2 Å². The van der Waals surface area contributed by atoms with Crippen LogP contribution < -0.4 is 14.4 Å². The van der Waals surface area contributed by atoms with Crippen LogP contribution in [0.5, 0.6) is 5.75 Å². The second-order valence-corrected chi connectivity index (χ2v) is 10.8. The molecule has 0 bridgehead atoms. The first-order valence-corrected chi connectivity index (χ1v) is 13.0. The molecule has 8 nitrogen and oxygen atoms in total. The van der Waals surface area contributed by atoms with E-state index in [1.54, 1.807) is 18.2 Å². The van der Waals surface area contributed by atoms with Crippen molar-refractivity contribution in [1.82, 2.24) is 10.2 Å². The molecular formula is C24H21ClN4O4S2. The fourth-order valence-corrected chi connectivity index (χ4v) is 5.56. The lowest BCUT2D eigenvalue weighted by Gasteiger charge is -2.24. The highest BCUT2D eigenvalue weighted by Gasteiger charge is 2.28. The van der Waals surface area contributed by atoms with Gasteiger partial charge in [-0.2, -0.15) is 0 Å². The SMILES string of the molecule is COc1ccc(S(=O)(=O)N(CC(=O)Nc2nnc(-c3ccc(C)cc3)s2)c2cccc(Cl)c2)cc1. The number of nitrogens with one attached hydrogen (secondary N) is 1. The van der Waals surface area contributed by atoms with Gasteiger partial charge >= 0.3 is 0 Å². The molecule has 4 aromatic rings. The van der Waals surface area contributed by atoms with Gasteiger partial charge in [-0.1, -0.05) is 58.8 Å². The number of hydrogen-bond acceptors (Lipinski definition) is 7. The van der Waals surface area contributed by atoms with Crippen LogP contribution >= 0.6 is 22.9 Å². The standard InChI is InChI=1S/C24H21ClN4O4S2/c1-16-6-8-17(9-7-16)23-27-28-24(34-23)26-22(30)15-29(19-5-3-4-18(25)14-19)35(31,32)21-12-10-20(33-2)11-13-21/h3-14H,15H2,1-2H3,(H,26,28,30). The lowest BCUT2D eigenvalue weighted by atomic mass is 10.2. The number of carbonyl (C=O) groups excluding carboxylic acids is 1. The molecule has 0 saturated carbocycles. The largest absolute Gasteiger partial charge is 0.497 e. The molecule has 0 spiro atoms. The van der Waals surface area contributed by atoms with E-state index in [0.717, 1.165) is 15.4 Å². The Balaban J connectivity index is 1.58. The molecule has 1 N–H and O–H groups in total. The highest BCUT2D eigenvalue weighted by Crippen LogP contribution is 2.29. The van der Waals surface area contributed by atoms with Crippen LogP contribution in [0, 0.1) is 6.92 Å². The fraction of sp³-hybridized carbons (Fsp3) is 0.125. The van der Waals surface area contributed by atoms with E-state index < -0.39 is 22.5 Å². The molecule has 3 aromatic carbocycles. The van der Waals surface area contributed by atoms with Crippen molar-refractivity contribution < 1.29 is 17.9 Å². The van der Waals surface area contributed by atoms with E-state index >= 15 is 0 Å². The number of rotatable bonds is 8. The number of aryl methyl sites for hydroxylation is 1. The third kappa shape index (κ3) is 5.79. The molecule has 0 atom stereocenters. The summed E-state index contributed by atoms with van der Waals surface area (Å²) in [6.45, 7) is 1.50. The van der Waals surface area contributed by atoms with E-state index in [9.17, 15) is 13.2 Å². The third-order valence-electron chi connectivity index (χ3n) is 5.00. The summed E-state index contributed by atoms with van der Waals surface area (Å²) in [6.07, 6.45) is 0. The summed E-state index contributed by atoms with van der Waals surface area (Å²) in [5.74, 6) is -0.0645. The van der Waals surface area contributed by atoms with Gasteiger partial charge in [-0.15, -0.1) is 10.2 Å². The number of methoxy groups -OCH3 is 1. The first-order chi connectivity index (χ1) is 16.8. The molecule has 0 aliphatic rings. The molecular weight excluding hydrogens is 508 g/mol. The number of aromatic nitrogens is 2. The number of benzene rings is 3. The summed E-state index contributed by atoms with van der Waals surface area (Å²) in [5, 5.41) is 12.0. The average molecular weight is 529 g/mol. The summed E-state index contributed by atoms with van der Waals surface area (Å²) < 4.78 is 33.1. The fourth-order valence-electron chi connectivity index (χ4n) is 3.20. The molecule has 1 amide bonds. The molecule has 11 heteroatoms. The Hall–Kier alpha value is -3.47. The normalized spacial score (nSPS) is 11.2. The molecule has 0 radical (unpaired) electrons. The van der Waals surface area contributed by atoms with Gasteiger partial charge in [-0.05, 0) is 49.4 Å². The summed E-state index contributed by atoms with van der Waals surface area (Å²) in [7, 11) is -2.61. The van der Waals surface area contributed by atoms with Crippen LogP contribution in [0.1, 0.15) is 5.56 Å². The molecule has 1 heterocycles. The number of nitrogens with zero attached hydrogens (tertiary/aromatic N) is 3. The number of anilines is 2. The maximum atomic E-state index is 13.5. The molecule has 0 fully saturated rings. The number of hydrogen-bond donors (Lipinski definition) is 1. The van der Waals surface area contributed by atoms with Crippen LogP contribution in [-0.4, -0.2) is 38.2 Å². The van der Waals surface area contributed by atoms with E-state index in [1.165, 1.54) is 48.8 Å². The summed E-state index contributed by atoms with van der Waals surface area (Å²) in [5.41, 5.74) is 2.24. The van der Waals surface area contributed by atoms with E-state index in [0.29, 0.717) is 15.8 Å². The molecule has 180 valence electrons. The van der Waals surface area contributed by atoms with Crippen molar-refractivity contribution in [2.24, 2.45) is 0 Å². The van der Waals surface area contributed by atoms with Gasteiger partial charge in [-0.25, -0.2) is 8.42 Å². The van der Waals surface area contributed by atoms with Crippen LogP contribution in [0.15, 0.2) is 77.7 Å². The smallest absolute Gasteiger partial charge is 0.264 e. The Morgan fingerprint density at radius 1 is 1.06 bits per heavy atom. The minimum Gasteiger partial charge on any atom is -0.497 e. The zero-order chi connectivity index (χ0) is 25.0. The maximum Gasteiger partial charge on any atom is 0.264 e. The van der Waals surface area contributed by atoms with E-state index in [-0.39, 0.29) is 15.7 Å². The van der Waals surface area contributed by atoms with Gasteiger partial charge in [-0.3, -0.25) is 14.4 Å². The Kier molecular flexibility index (Phi) is 7.34. The zero-order valence-corrected chi connectivity index (χ0v) is 21.2. The van der Waals surface area contributed by atoms with Gasteiger partial charge in [0.05, 0.1) is 17.7 Å². The quantitative estimate of drug-likeness (QED) is 0.345. The van der Waals surface area contributed by atoms with Gasteiger partial charge in [0.25, 0.3) is 10.0 Å². The van der Waals surface area contributed by atoms with E-state index in [2.05, 4.69) is 15.5 Å². The molecule has 0 unspecified atom stereocenters. The summed E-state index contributed by atoms with van der Waals surface area (Å²) in [6, 6.07) is 20.0. The molecule has 1 aromatic heterocycles. The lowest BCUT2D eigenvalue weighted by molar-refractivity contribution is -0.114. The Labute approximate surface area is 212 Å². The Morgan fingerprint density at radius 3 is 2.43 bits per heavy atom. The Morgan fingerprint density at radius 2 is 1.77 bits per heavy atom. The second-order valence-electron chi connectivity index (χ2n) is 7.49. The zero-order valence-electron chi connectivity index (χ0n) is 18.8. The molecule has 0 aliphatic carbocycles. The maximum absolute atomic E-state index is 13.5. The average Bonchev–Trinajstić information content (AvgIpc) is 3.31. The summed E-state index contributed by atoms with van der Waals surface area (Å²) in [4.78, 5) is 12.9. The number of ether oxygens (including phenoxy) is 1. The first-order valence-electron chi connectivity index (χ1n) is 10.4. The molecule has 0 aliphatic heterocycles. The summed E-state index contributed by atoms with van der Waals surface area (Å²) >= 11 is 7.30. The van der Waals surface area contributed by atoms with Crippen molar-refractivity contribution in [2.75, 3.05) is 23.3 Å². The van der Waals surface area contributed by atoms with Crippen LogP contribution in [0.2, 0.25) is 5.02 Å². The van der Waals surface area contributed by atoms with Crippen molar-refractivity contribution in [2.45, 2.75) is 11.8 Å². The molecule has 35 heavy (non-hydrogen) atoms. The minimum absolute atomic E-state index is 0.00338. The van der Waals surface area contributed by atoms with E-state index in [4.69, 9.17) is 16.3 Å². The first kappa shape index (κ1) is 24.6. The number of amides is 1. The Bertz CT molecular complexity index is 1440. The van der Waals surface area contributed by atoms with Gasteiger partial charge in [0.1, 0.15) is 17.3 Å². The van der Waals surface area contributed by atoms with Crippen molar-refractivity contribution in [3.05, 3.63) is 83.4 Å². The van der Waals surface area contributed by atoms with Crippen LogP contribution in [0.4, 0.5) is 10.8 Å². The molecule has 4 rings (SSSR count). The highest BCUT2D eigenvalue weighted by molar-refractivity contribution is 7.92. The second kappa shape index (κ2) is 10.4.